The maximum absolute atomic E-state index is 12.9. The van der Waals surface area contributed by atoms with Crippen LogP contribution in [-0.2, 0) is 18.4 Å². The molecule has 0 heterocycles. The summed E-state index contributed by atoms with van der Waals surface area (Å²) in [5.74, 6) is -0.231. The summed E-state index contributed by atoms with van der Waals surface area (Å²) in [5.41, 5.74) is 0. The number of nitrogens with zero attached hydrogens (tertiary/aromatic N) is 1. The first-order chi connectivity index (χ1) is 34.5. The number of carbonyl (C=O) groups excluding carboxylic acids is 1. The molecular formula is C62H115N2O6P. The molecule has 3 unspecified atom stereocenters. The van der Waals surface area contributed by atoms with E-state index in [0.717, 1.165) is 77.0 Å². The molecule has 0 aromatic heterocycles. The summed E-state index contributed by atoms with van der Waals surface area (Å²) in [5, 5.41) is 13.8. The molecule has 1 amide bonds. The zero-order chi connectivity index (χ0) is 52.0. The number of phosphoric acid groups is 1. The van der Waals surface area contributed by atoms with E-state index in [1.807, 2.05) is 27.2 Å². The van der Waals surface area contributed by atoms with Gasteiger partial charge in [0.25, 0.3) is 7.82 Å². The maximum Gasteiger partial charge on any atom is 0.268 e. The molecule has 414 valence electrons. The Kier molecular flexibility index (Phi) is 51.3. The number of carbonyl (C=O) groups is 1. The Bertz CT molecular complexity index is 1380. The lowest BCUT2D eigenvalue weighted by atomic mass is 10.0. The van der Waals surface area contributed by atoms with Gasteiger partial charge >= 0.3 is 0 Å². The second kappa shape index (κ2) is 52.8. The number of aliphatic hydroxyl groups is 1. The first kappa shape index (κ1) is 68.9. The van der Waals surface area contributed by atoms with Crippen LogP contribution >= 0.6 is 7.82 Å². The lowest BCUT2D eigenvalue weighted by Crippen LogP contribution is -2.45. The largest absolute Gasteiger partial charge is 0.756 e. The summed E-state index contributed by atoms with van der Waals surface area (Å²) in [6.45, 7) is 4.51. The number of phosphoric ester groups is 1. The van der Waals surface area contributed by atoms with Gasteiger partial charge in [-0.2, -0.15) is 0 Å². The molecule has 0 aromatic carbocycles. The fraction of sp³-hybridized carbons (Fsp3) is 0.790. The summed E-state index contributed by atoms with van der Waals surface area (Å²) in [6.07, 6.45) is 73.0. The van der Waals surface area contributed by atoms with Gasteiger partial charge in [-0.1, -0.05) is 260 Å². The number of aliphatic hydroxyl groups excluding tert-OH is 1. The van der Waals surface area contributed by atoms with Crippen molar-refractivity contribution < 1.29 is 32.9 Å². The van der Waals surface area contributed by atoms with Crippen LogP contribution in [0.15, 0.2) is 72.9 Å². The van der Waals surface area contributed by atoms with E-state index >= 15 is 0 Å². The number of amides is 1. The molecular weight excluding hydrogens is 900 g/mol. The lowest BCUT2D eigenvalue weighted by molar-refractivity contribution is -0.870. The Labute approximate surface area is 440 Å². The standard InChI is InChI=1S/C62H115N2O6P/c1-6-8-10-12-14-16-18-20-22-24-25-26-27-28-29-30-31-32-33-34-35-36-37-38-40-41-43-45-47-49-51-53-55-61(65)60(59-70-71(67,68)69-58-57-64(3,4)5)63-62(66)56-54-52-50-48-46-44-42-39-23-21-19-17-15-13-11-9-7-2/h9,11,15,17,21,23,42,44-45,47,53,55,60-61,65H,6-8,10,12-14,16,18-20,22,24-41,43,46,48-52,54,56-59H2,1-5H3,(H-,63,66,67,68)/b11-9-,17-15-,23-21-,44-42-,47-45+,55-53+. The van der Waals surface area contributed by atoms with Crippen LogP contribution in [0, 0.1) is 0 Å². The molecule has 0 spiro atoms. The van der Waals surface area contributed by atoms with Gasteiger partial charge in [-0.15, -0.1) is 0 Å². The minimum atomic E-state index is -4.62. The van der Waals surface area contributed by atoms with Gasteiger partial charge in [0.05, 0.1) is 39.9 Å². The van der Waals surface area contributed by atoms with Crippen molar-refractivity contribution in [2.45, 2.75) is 276 Å². The maximum atomic E-state index is 12.9. The summed E-state index contributed by atoms with van der Waals surface area (Å²) in [7, 11) is 1.22. The van der Waals surface area contributed by atoms with Gasteiger partial charge in [0.1, 0.15) is 13.2 Å². The molecule has 0 aromatic rings. The molecule has 0 saturated carbocycles. The average molecular weight is 1020 g/mol. The molecule has 0 rings (SSSR count). The van der Waals surface area contributed by atoms with E-state index in [9.17, 15) is 19.4 Å². The zero-order valence-corrected chi connectivity index (χ0v) is 48.1. The van der Waals surface area contributed by atoms with Crippen LogP contribution in [0.5, 0.6) is 0 Å². The minimum Gasteiger partial charge on any atom is -0.756 e. The van der Waals surface area contributed by atoms with Gasteiger partial charge in [0.2, 0.25) is 5.91 Å². The molecule has 0 radical (unpaired) electrons. The van der Waals surface area contributed by atoms with Gasteiger partial charge in [-0.05, 0) is 70.6 Å². The van der Waals surface area contributed by atoms with Gasteiger partial charge in [0.15, 0.2) is 0 Å². The van der Waals surface area contributed by atoms with E-state index in [1.165, 1.54) is 167 Å². The first-order valence-electron chi connectivity index (χ1n) is 29.8. The Morgan fingerprint density at radius 2 is 0.873 bits per heavy atom. The smallest absolute Gasteiger partial charge is 0.268 e. The lowest BCUT2D eigenvalue weighted by Gasteiger charge is -2.29. The summed E-state index contributed by atoms with van der Waals surface area (Å²) in [6, 6.07) is -0.921. The predicted octanol–water partition coefficient (Wildman–Crippen LogP) is 17.6. The van der Waals surface area contributed by atoms with E-state index in [4.69, 9.17) is 9.05 Å². The van der Waals surface area contributed by atoms with Crippen molar-refractivity contribution in [3.05, 3.63) is 72.9 Å². The van der Waals surface area contributed by atoms with Gasteiger partial charge in [0, 0.05) is 6.42 Å². The molecule has 71 heavy (non-hydrogen) atoms. The number of likely N-dealkylation sites (N-methyl/N-ethyl adjacent to an activating group) is 1. The number of hydrogen-bond acceptors (Lipinski definition) is 6. The number of unbranched alkanes of at least 4 members (excludes halogenated alkanes) is 31. The number of allylic oxidation sites excluding steroid dienone is 11. The van der Waals surface area contributed by atoms with Crippen LogP contribution < -0.4 is 10.2 Å². The third-order valence-electron chi connectivity index (χ3n) is 13.2. The van der Waals surface area contributed by atoms with E-state index in [-0.39, 0.29) is 12.5 Å². The fourth-order valence-electron chi connectivity index (χ4n) is 8.51. The van der Waals surface area contributed by atoms with E-state index in [0.29, 0.717) is 17.4 Å². The van der Waals surface area contributed by atoms with E-state index in [1.54, 1.807) is 6.08 Å². The summed E-state index contributed by atoms with van der Waals surface area (Å²) < 4.78 is 23.3. The van der Waals surface area contributed by atoms with Crippen LogP contribution in [0.4, 0.5) is 0 Å². The zero-order valence-electron chi connectivity index (χ0n) is 47.2. The molecule has 8 nitrogen and oxygen atoms in total. The van der Waals surface area contributed by atoms with Crippen LogP contribution in [0.3, 0.4) is 0 Å². The Balaban J connectivity index is 4.17. The number of quaternary nitrogens is 1. The topological polar surface area (TPSA) is 108 Å². The second-order valence-corrected chi connectivity index (χ2v) is 22.7. The van der Waals surface area contributed by atoms with Crippen LogP contribution in [0.25, 0.3) is 0 Å². The highest BCUT2D eigenvalue weighted by Crippen LogP contribution is 2.38. The van der Waals surface area contributed by atoms with Crippen molar-refractivity contribution in [2.75, 3.05) is 40.9 Å². The number of rotatable bonds is 54. The Hall–Kier alpha value is -2.06. The highest BCUT2D eigenvalue weighted by molar-refractivity contribution is 7.45. The van der Waals surface area contributed by atoms with E-state index < -0.39 is 26.6 Å². The van der Waals surface area contributed by atoms with Gasteiger partial charge < -0.3 is 28.8 Å². The average Bonchev–Trinajstić information content (AvgIpc) is 3.33. The van der Waals surface area contributed by atoms with Crippen molar-refractivity contribution in [3.63, 3.8) is 0 Å². The van der Waals surface area contributed by atoms with Crippen LogP contribution in [-0.4, -0.2) is 68.5 Å². The quantitative estimate of drug-likeness (QED) is 0.0272. The molecule has 0 fully saturated rings. The minimum absolute atomic E-state index is 0.0146. The van der Waals surface area contributed by atoms with Crippen molar-refractivity contribution >= 4 is 13.7 Å². The monoisotopic (exact) mass is 1010 g/mol. The molecule has 0 aliphatic carbocycles. The Morgan fingerprint density at radius 1 is 0.507 bits per heavy atom. The molecule has 9 heteroatoms. The van der Waals surface area contributed by atoms with E-state index in [2.05, 4.69) is 79.9 Å². The highest BCUT2D eigenvalue weighted by Gasteiger charge is 2.23. The normalized spacial score (nSPS) is 14.4. The van der Waals surface area contributed by atoms with Crippen molar-refractivity contribution in [2.24, 2.45) is 0 Å². The van der Waals surface area contributed by atoms with Crippen molar-refractivity contribution in [1.82, 2.24) is 5.32 Å². The third kappa shape index (κ3) is 55.5. The van der Waals surface area contributed by atoms with Crippen LogP contribution in [0.1, 0.15) is 264 Å². The fourth-order valence-corrected chi connectivity index (χ4v) is 9.24. The van der Waals surface area contributed by atoms with Crippen LogP contribution in [0.2, 0.25) is 0 Å². The predicted molar refractivity (Wildman–Crippen MR) is 307 cm³/mol. The molecule has 0 aliphatic heterocycles. The molecule has 0 bridgehead atoms. The summed E-state index contributed by atoms with van der Waals surface area (Å²) in [4.78, 5) is 25.5. The first-order valence-corrected chi connectivity index (χ1v) is 31.3. The van der Waals surface area contributed by atoms with Gasteiger partial charge in [-0.3, -0.25) is 9.36 Å². The highest BCUT2D eigenvalue weighted by atomic mass is 31.2. The van der Waals surface area contributed by atoms with Gasteiger partial charge in [-0.25, -0.2) is 0 Å². The number of hydrogen-bond donors (Lipinski definition) is 2. The SMILES string of the molecule is CC/C=C\C/C=C\C/C=C\C/C=C\CCCCCCC(=O)NC(COP(=O)([O-])OCC[N+](C)(C)C)C(O)/C=C/CC/C=C/CCCCCCCCCCCCCCCCCCCCCCCCCCCC. The van der Waals surface area contributed by atoms with Crippen molar-refractivity contribution in [1.29, 1.82) is 0 Å². The molecule has 0 aliphatic rings. The molecule has 3 atom stereocenters. The van der Waals surface area contributed by atoms with Crippen molar-refractivity contribution in [3.8, 4) is 0 Å². The Morgan fingerprint density at radius 3 is 1.31 bits per heavy atom. The second-order valence-electron chi connectivity index (χ2n) is 21.3. The molecule has 2 N–H and O–H groups in total. The number of nitrogens with one attached hydrogen (secondary N) is 1. The summed E-state index contributed by atoms with van der Waals surface area (Å²) >= 11 is 0. The molecule has 0 saturated heterocycles. The third-order valence-corrected chi connectivity index (χ3v) is 14.1.